The molecule has 2 aromatic rings. The Morgan fingerprint density at radius 2 is 1.82 bits per heavy atom. The van der Waals surface area contributed by atoms with Crippen molar-refractivity contribution in [1.29, 1.82) is 0 Å². The van der Waals surface area contributed by atoms with Crippen molar-refractivity contribution in [3.05, 3.63) is 39.2 Å². The van der Waals surface area contributed by atoms with Gasteiger partial charge in [0.1, 0.15) is 15.0 Å². The molecule has 0 atom stereocenters. The predicted octanol–water partition coefficient (Wildman–Crippen LogP) is 2.06. The number of methoxy groups -OCH3 is 3. The highest BCUT2D eigenvalue weighted by Crippen LogP contribution is 2.24. The SMILES string of the molecule is COC(=O)c1nn(-c2cccc(OC)c2)c(I)c1C(=O)OC. The van der Waals surface area contributed by atoms with Crippen LogP contribution in [0.4, 0.5) is 0 Å². The van der Waals surface area contributed by atoms with Crippen LogP contribution in [0.2, 0.25) is 0 Å². The predicted molar refractivity (Wildman–Crippen MR) is 85.5 cm³/mol. The van der Waals surface area contributed by atoms with Crippen molar-refractivity contribution >= 4 is 34.5 Å². The van der Waals surface area contributed by atoms with E-state index >= 15 is 0 Å². The molecule has 0 bridgehead atoms. The molecule has 0 N–H and O–H groups in total. The summed E-state index contributed by atoms with van der Waals surface area (Å²) in [6.07, 6.45) is 0. The van der Waals surface area contributed by atoms with Gasteiger partial charge in [0.2, 0.25) is 0 Å². The van der Waals surface area contributed by atoms with Crippen LogP contribution >= 0.6 is 22.6 Å². The van der Waals surface area contributed by atoms with Crippen molar-refractivity contribution in [2.45, 2.75) is 0 Å². The van der Waals surface area contributed by atoms with Gasteiger partial charge in [-0.2, -0.15) is 5.10 Å². The van der Waals surface area contributed by atoms with E-state index in [0.717, 1.165) is 0 Å². The summed E-state index contributed by atoms with van der Waals surface area (Å²) in [5.74, 6) is -0.734. The zero-order chi connectivity index (χ0) is 16.3. The van der Waals surface area contributed by atoms with E-state index in [2.05, 4.69) is 9.84 Å². The van der Waals surface area contributed by atoms with Crippen molar-refractivity contribution in [3.63, 3.8) is 0 Å². The van der Waals surface area contributed by atoms with E-state index in [1.807, 2.05) is 22.6 Å². The highest BCUT2D eigenvalue weighted by atomic mass is 127. The summed E-state index contributed by atoms with van der Waals surface area (Å²) in [6.45, 7) is 0. The fourth-order valence-corrected chi connectivity index (χ4v) is 2.70. The summed E-state index contributed by atoms with van der Waals surface area (Å²) in [7, 11) is 4.01. The van der Waals surface area contributed by atoms with Gasteiger partial charge in [0, 0.05) is 6.07 Å². The standard InChI is InChI=1S/C14H13IN2O5/c1-20-9-6-4-5-8(7-9)17-12(15)10(13(18)21-2)11(16-17)14(19)22-3/h4-7H,1-3H3. The number of carbonyl (C=O) groups is 2. The zero-order valence-corrected chi connectivity index (χ0v) is 14.3. The van der Waals surface area contributed by atoms with Crippen LogP contribution in [-0.2, 0) is 9.47 Å². The molecule has 0 unspecified atom stereocenters. The molecular weight excluding hydrogens is 403 g/mol. The zero-order valence-electron chi connectivity index (χ0n) is 12.1. The Hall–Kier alpha value is -2.10. The van der Waals surface area contributed by atoms with Gasteiger partial charge in [0.15, 0.2) is 5.69 Å². The number of rotatable bonds is 4. The van der Waals surface area contributed by atoms with Gasteiger partial charge in [-0.25, -0.2) is 14.3 Å². The first-order valence-electron chi connectivity index (χ1n) is 6.13. The first kappa shape index (κ1) is 16.3. The largest absolute Gasteiger partial charge is 0.497 e. The van der Waals surface area contributed by atoms with Gasteiger partial charge < -0.3 is 14.2 Å². The fourth-order valence-electron chi connectivity index (χ4n) is 1.83. The van der Waals surface area contributed by atoms with Crippen LogP contribution < -0.4 is 4.74 Å². The number of ether oxygens (including phenoxy) is 3. The number of hydrogen-bond donors (Lipinski definition) is 0. The normalized spacial score (nSPS) is 10.2. The number of benzene rings is 1. The lowest BCUT2D eigenvalue weighted by Gasteiger charge is -2.06. The van der Waals surface area contributed by atoms with Crippen molar-refractivity contribution in [2.24, 2.45) is 0 Å². The average molecular weight is 416 g/mol. The maximum absolute atomic E-state index is 11.9. The van der Waals surface area contributed by atoms with Gasteiger partial charge in [-0.3, -0.25) is 0 Å². The average Bonchev–Trinajstić information content (AvgIpc) is 2.90. The van der Waals surface area contributed by atoms with Crippen molar-refractivity contribution in [1.82, 2.24) is 9.78 Å². The van der Waals surface area contributed by atoms with Crippen LogP contribution in [0.5, 0.6) is 5.75 Å². The van der Waals surface area contributed by atoms with Gasteiger partial charge in [0.25, 0.3) is 0 Å². The third kappa shape index (κ3) is 2.91. The third-order valence-corrected chi connectivity index (χ3v) is 3.89. The summed E-state index contributed by atoms with van der Waals surface area (Å²) < 4.78 is 16.5. The summed E-state index contributed by atoms with van der Waals surface area (Å²) in [6, 6.07) is 7.07. The number of aromatic nitrogens is 2. The van der Waals surface area contributed by atoms with Gasteiger partial charge in [0.05, 0.1) is 27.0 Å². The molecule has 0 aliphatic rings. The molecule has 116 valence electrons. The number of nitrogens with zero attached hydrogens (tertiary/aromatic N) is 2. The molecule has 22 heavy (non-hydrogen) atoms. The maximum Gasteiger partial charge on any atom is 0.359 e. The van der Waals surface area contributed by atoms with E-state index < -0.39 is 11.9 Å². The smallest absolute Gasteiger partial charge is 0.359 e. The number of hydrogen-bond acceptors (Lipinski definition) is 6. The number of esters is 2. The van der Waals surface area contributed by atoms with E-state index in [1.54, 1.807) is 31.4 Å². The summed E-state index contributed by atoms with van der Waals surface area (Å²) in [4.78, 5) is 23.8. The molecular formula is C14H13IN2O5. The summed E-state index contributed by atoms with van der Waals surface area (Å²) >= 11 is 1.93. The highest BCUT2D eigenvalue weighted by molar-refractivity contribution is 14.1. The molecule has 8 heteroatoms. The molecule has 1 heterocycles. The molecule has 0 fully saturated rings. The molecule has 2 rings (SSSR count). The summed E-state index contributed by atoms with van der Waals surface area (Å²) in [5, 5.41) is 4.17. The second-order valence-corrected chi connectivity index (χ2v) is 5.13. The molecule has 1 aromatic heterocycles. The lowest BCUT2D eigenvalue weighted by atomic mass is 10.2. The van der Waals surface area contributed by atoms with Crippen molar-refractivity contribution < 1.29 is 23.8 Å². The molecule has 1 aromatic carbocycles. The molecule has 0 spiro atoms. The third-order valence-electron chi connectivity index (χ3n) is 2.90. The Kier molecular flexibility index (Phi) is 5.01. The monoisotopic (exact) mass is 416 g/mol. The van der Waals surface area contributed by atoms with Crippen LogP contribution in [0.3, 0.4) is 0 Å². The fraction of sp³-hybridized carbons (Fsp3) is 0.214. The first-order chi connectivity index (χ1) is 10.5. The molecule has 0 saturated heterocycles. The minimum Gasteiger partial charge on any atom is -0.497 e. The molecule has 0 saturated carbocycles. The maximum atomic E-state index is 11.9. The Morgan fingerprint density at radius 1 is 1.14 bits per heavy atom. The first-order valence-corrected chi connectivity index (χ1v) is 7.21. The Bertz CT molecular complexity index is 726. The van der Waals surface area contributed by atoms with Crippen LogP contribution in [0.1, 0.15) is 20.8 Å². The van der Waals surface area contributed by atoms with Crippen molar-refractivity contribution in [3.8, 4) is 11.4 Å². The number of halogens is 1. The second-order valence-electron chi connectivity index (χ2n) is 4.11. The van der Waals surface area contributed by atoms with Gasteiger partial charge >= 0.3 is 11.9 Å². The molecule has 7 nitrogen and oxygen atoms in total. The highest BCUT2D eigenvalue weighted by Gasteiger charge is 2.28. The van der Waals surface area contributed by atoms with Gasteiger partial charge in [-0.15, -0.1) is 0 Å². The second kappa shape index (κ2) is 6.77. The Morgan fingerprint density at radius 3 is 2.41 bits per heavy atom. The Labute approximate surface area is 140 Å². The lowest BCUT2D eigenvalue weighted by molar-refractivity contribution is 0.0551. The molecule has 0 amide bonds. The molecule has 0 aliphatic carbocycles. The van der Waals surface area contributed by atoms with Crippen LogP contribution in [0, 0.1) is 3.70 Å². The lowest BCUT2D eigenvalue weighted by Crippen LogP contribution is -2.11. The molecule has 0 aliphatic heterocycles. The molecule has 0 radical (unpaired) electrons. The number of carbonyl (C=O) groups excluding carboxylic acids is 2. The van der Waals surface area contributed by atoms with Gasteiger partial charge in [-0.1, -0.05) is 6.07 Å². The summed E-state index contributed by atoms with van der Waals surface area (Å²) in [5.41, 5.74) is 0.614. The van der Waals surface area contributed by atoms with E-state index in [-0.39, 0.29) is 11.3 Å². The quantitative estimate of drug-likeness (QED) is 0.561. The van der Waals surface area contributed by atoms with Crippen LogP contribution in [0.25, 0.3) is 5.69 Å². The minimum absolute atomic E-state index is 0.0674. The van der Waals surface area contributed by atoms with Crippen molar-refractivity contribution in [2.75, 3.05) is 21.3 Å². The van der Waals surface area contributed by atoms with E-state index in [0.29, 0.717) is 15.1 Å². The van der Waals surface area contributed by atoms with Crippen LogP contribution in [-0.4, -0.2) is 43.0 Å². The van der Waals surface area contributed by atoms with E-state index in [4.69, 9.17) is 9.47 Å². The van der Waals surface area contributed by atoms with E-state index in [1.165, 1.54) is 18.9 Å². The van der Waals surface area contributed by atoms with Crippen LogP contribution in [0.15, 0.2) is 24.3 Å². The van der Waals surface area contributed by atoms with E-state index in [9.17, 15) is 9.59 Å². The Balaban J connectivity index is 2.64. The topological polar surface area (TPSA) is 79.6 Å². The van der Waals surface area contributed by atoms with Gasteiger partial charge in [-0.05, 0) is 34.7 Å². The minimum atomic E-state index is -0.708.